The van der Waals surface area contributed by atoms with Crippen molar-refractivity contribution in [2.75, 3.05) is 5.75 Å². The highest BCUT2D eigenvalue weighted by molar-refractivity contribution is 7.99. The summed E-state index contributed by atoms with van der Waals surface area (Å²) < 4.78 is 1.99. The van der Waals surface area contributed by atoms with Crippen molar-refractivity contribution in [3.8, 4) is 11.4 Å². The van der Waals surface area contributed by atoms with E-state index in [-0.39, 0.29) is 17.1 Å². The first-order valence-corrected chi connectivity index (χ1v) is 11.0. The van der Waals surface area contributed by atoms with Crippen LogP contribution >= 0.6 is 11.8 Å². The molecule has 0 aliphatic heterocycles. The topological polar surface area (TPSA) is 59.8 Å². The molecule has 1 aromatic heterocycles. The minimum atomic E-state index is -0.0342. The van der Waals surface area contributed by atoms with E-state index >= 15 is 0 Å². The van der Waals surface area contributed by atoms with Crippen LogP contribution < -0.4 is 5.32 Å². The number of carbonyl (C=O) groups is 1. The van der Waals surface area contributed by atoms with Crippen LogP contribution in [-0.2, 0) is 23.3 Å². The molecule has 1 heterocycles. The number of amides is 1. The lowest BCUT2D eigenvalue weighted by Gasteiger charge is -2.19. The number of nitrogens with zero attached hydrogens (tertiary/aromatic N) is 3. The monoisotopic (exact) mass is 420 g/mol. The Morgan fingerprint density at radius 3 is 2.43 bits per heavy atom. The van der Waals surface area contributed by atoms with E-state index in [1.54, 1.807) is 0 Å². The second kappa shape index (κ2) is 9.76. The third-order valence-corrected chi connectivity index (χ3v) is 5.67. The molecule has 6 heteroatoms. The zero-order valence-corrected chi connectivity index (χ0v) is 18.6. The van der Waals surface area contributed by atoms with Crippen LogP contribution in [0.3, 0.4) is 0 Å². The van der Waals surface area contributed by atoms with Crippen LogP contribution in [-0.4, -0.2) is 26.4 Å². The zero-order chi connectivity index (χ0) is 21.6. The molecule has 0 radical (unpaired) electrons. The zero-order valence-electron chi connectivity index (χ0n) is 17.8. The molecule has 1 amide bonds. The standard InChI is InChI=1S/C24H28N4OS/c1-5-15-28-22(19-11-13-20(14-12-19)24(2,3)4)26-27-23(28)30-17-21(29)25-16-18-9-7-6-8-10-18/h5-14H,1,15-17H2,2-4H3,(H,25,29). The van der Waals surface area contributed by atoms with E-state index in [9.17, 15) is 4.79 Å². The first-order chi connectivity index (χ1) is 14.4. The van der Waals surface area contributed by atoms with Gasteiger partial charge in [0.1, 0.15) is 0 Å². The average molecular weight is 421 g/mol. The first-order valence-electron chi connectivity index (χ1n) is 9.97. The summed E-state index contributed by atoms with van der Waals surface area (Å²) in [4.78, 5) is 12.3. The van der Waals surface area contributed by atoms with E-state index in [1.165, 1.54) is 17.3 Å². The third kappa shape index (κ3) is 5.60. The molecule has 0 bridgehead atoms. The summed E-state index contributed by atoms with van der Waals surface area (Å²) >= 11 is 1.38. The van der Waals surface area contributed by atoms with Crippen molar-refractivity contribution < 1.29 is 4.79 Å². The molecule has 3 rings (SSSR count). The Kier molecular flexibility index (Phi) is 7.11. The molecule has 156 valence electrons. The fourth-order valence-electron chi connectivity index (χ4n) is 3.00. The molecule has 3 aromatic rings. The Morgan fingerprint density at radius 1 is 1.10 bits per heavy atom. The van der Waals surface area contributed by atoms with Gasteiger partial charge in [0.05, 0.1) is 5.75 Å². The number of benzene rings is 2. The normalized spacial score (nSPS) is 11.3. The number of allylic oxidation sites excluding steroid dienone is 1. The number of nitrogens with one attached hydrogen (secondary N) is 1. The maximum Gasteiger partial charge on any atom is 0.230 e. The number of thioether (sulfide) groups is 1. The molecule has 0 atom stereocenters. The smallest absolute Gasteiger partial charge is 0.230 e. The minimum absolute atomic E-state index is 0.0342. The fraction of sp³-hybridized carbons (Fsp3) is 0.292. The van der Waals surface area contributed by atoms with Crippen molar-refractivity contribution in [2.45, 2.75) is 44.4 Å². The Bertz CT molecular complexity index is 988. The SMILES string of the molecule is C=CCn1c(SCC(=O)NCc2ccccc2)nnc1-c1ccc(C(C)(C)C)cc1. The summed E-state index contributed by atoms with van der Waals surface area (Å²) in [7, 11) is 0. The lowest BCUT2D eigenvalue weighted by atomic mass is 9.87. The lowest BCUT2D eigenvalue weighted by molar-refractivity contribution is -0.118. The molecular weight excluding hydrogens is 392 g/mol. The molecule has 0 saturated heterocycles. The summed E-state index contributed by atoms with van der Waals surface area (Å²) in [6, 6.07) is 18.3. The Morgan fingerprint density at radius 2 is 1.80 bits per heavy atom. The second-order valence-electron chi connectivity index (χ2n) is 8.08. The number of aromatic nitrogens is 3. The minimum Gasteiger partial charge on any atom is -0.351 e. The van der Waals surface area contributed by atoms with Gasteiger partial charge in [-0.3, -0.25) is 9.36 Å². The molecule has 0 unspecified atom stereocenters. The predicted octanol–water partition coefficient (Wildman–Crippen LogP) is 4.84. The van der Waals surface area contributed by atoms with Gasteiger partial charge in [-0.1, -0.05) is 93.2 Å². The largest absolute Gasteiger partial charge is 0.351 e. The van der Waals surface area contributed by atoms with Crippen molar-refractivity contribution >= 4 is 17.7 Å². The second-order valence-corrected chi connectivity index (χ2v) is 9.03. The lowest BCUT2D eigenvalue weighted by Crippen LogP contribution is -2.24. The molecule has 0 saturated carbocycles. The van der Waals surface area contributed by atoms with E-state index in [2.05, 4.69) is 67.1 Å². The number of rotatable bonds is 8. The third-order valence-electron chi connectivity index (χ3n) is 4.70. The quantitative estimate of drug-likeness (QED) is 0.419. The summed E-state index contributed by atoms with van der Waals surface area (Å²) in [5.41, 5.74) is 3.44. The van der Waals surface area contributed by atoms with Crippen molar-refractivity contribution in [3.63, 3.8) is 0 Å². The van der Waals surface area contributed by atoms with Crippen LogP contribution in [0.25, 0.3) is 11.4 Å². The van der Waals surface area contributed by atoms with Crippen molar-refractivity contribution in [3.05, 3.63) is 78.4 Å². The highest BCUT2D eigenvalue weighted by Crippen LogP contribution is 2.27. The molecular formula is C24H28N4OS. The molecule has 0 aliphatic carbocycles. The van der Waals surface area contributed by atoms with Gasteiger partial charge in [-0.15, -0.1) is 16.8 Å². The molecule has 1 N–H and O–H groups in total. The van der Waals surface area contributed by atoms with E-state index in [0.717, 1.165) is 17.0 Å². The molecule has 0 spiro atoms. The van der Waals surface area contributed by atoms with Crippen LogP contribution in [0, 0.1) is 0 Å². The molecule has 0 fully saturated rings. The number of hydrogen-bond donors (Lipinski definition) is 1. The van der Waals surface area contributed by atoms with E-state index in [1.807, 2.05) is 41.0 Å². The van der Waals surface area contributed by atoms with E-state index in [0.29, 0.717) is 18.2 Å². The highest BCUT2D eigenvalue weighted by atomic mass is 32.2. The maximum atomic E-state index is 12.3. The van der Waals surface area contributed by atoms with Gasteiger partial charge in [0.25, 0.3) is 0 Å². The summed E-state index contributed by atoms with van der Waals surface area (Å²) in [6.07, 6.45) is 1.82. The molecule has 30 heavy (non-hydrogen) atoms. The molecule has 0 aliphatic rings. The van der Waals surface area contributed by atoms with Crippen LogP contribution in [0.5, 0.6) is 0 Å². The number of hydrogen-bond acceptors (Lipinski definition) is 4. The van der Waals surface area contributed by atoms with Gasteiger partial charge in [0.2, 0.25) is 5.91 Å². The summed E-state index contributed by atoms with van der Waals surface area (Å²) in [6.45, 7) is 11.5. The first kappa shape index (κ1) is 21.8. The van der Waals surface area contributed by atoms with Crippen LogP contribution in [0.4, 0.5) is 0 Å². The predicted molar refractivity (Wildman–Crippen MR) is 123 cm³/mol. The van der Waals surface area contributed by atoms with Crippen LogP contribution in [0.2, 0.25) is 0 Å². The van der Waals surface area contributed by atoms with Crippen molar-refractivity contribution in [1.29, 1.82) is 0 Å². The van der Waals surface area contributed by atoms with Gasteiger partial charge in [-0.05, 0) is 16.5 Å². The summed E-state index contributed by atoms with van der Waals surface area (Å²) in [5, 5.41) is 12.4. The fourth-order valence-corrected chi connectivity index (χ4v) is 3.78. The Hall–Kier alpha value is -2.86. The summed E-state index contributed by atoms with van der Waals surface area (Å²) in [5.74, 6) is 1.03. The Labute approximate surface area is 182 Å². The average Bonchev–Trinajstić information content (AvgIpc) is 3.14. The van der Waals surface area contributed by atoms with Gasteiger partial charge in [-0.25, -0.2) is 0 Å². The van der Waals surface area contributed by atoms with Crippen LogP contribution in [0.1, 0.15) is 31.9 Å². The van der Waals surface area contributed by atoms with Gasteiger partial charge in [0.15, 0.2) is 11.0 Å². The van der Waals surface area contributed by atoms with Crippen molar-refractivity contribution in [2.24, 2.45) is 0 Å². The Balaban J connectivity index is 1.68. The highest BCUT2D eigenvalue weighted by Gasteiger charge is 2.17. The van der Waals surface area contributed by atoms with Crippen molar-refractivity contribution in [1.82, 2.24) is 20.1 Å². The molecule has 5 nitrogen and oxygen atoms in total. The number of carbonyl (C=O) groups excluding carboxylic acids is 1. The van der Waals surface area contributed by atoms with Crippen LogP contribution in [0.15, 0.2) is 72.4 Å². The molecule has 2 aromatic carbocycles. The maximum absolute atomic E-state index is 12.3. The van der Waals surface area contributed by atoms with Gasteiger partial charge in [-0.2, -0.15) is 0 Å². The van der Waals surface area contributed by atoms with E-state index < -0.39 is 0 Å². The van der Waals surface area contributed by atoms with Gasteiger partial charge >= 0.3 is 0 Å². The van der Waals surface area contributed by atoms with Gasteiger partial charge in [0, 0.05) is 18.7 Å². The van der Waals surface area contributed by atoms with E-state index in [4.69, 9.17) is 0 Å². The van der Waals surface area contributed by atoms with Gasteiger partial charge < -0.3 is 5.32 Å².